The Kier molecular flexibility index (Phi) is 6.46. The molecule has 7 nitrogen and oxygen atoms in total. The lowest BCUT2D eigenvalue weighted by Gasteiger charge is -2.09. The number of halogens is 2. The average molecular weight is 469 g/mol. The van der Waals surface area contributed by atoms with Gasteiger partial charge in [-0.05, 0) is 50.6 Å². The summed E-state index contributed by atoms with van der Waals surface area (Å²) < 4.78 is 26.4. The Morgan fingerprint density at radius 3 is 2.73 bits per heavy atom. The number of amides is 1. The minimum Gasteiger partial charge on any atom is -0.486 e. The molecule has 4 aromatic rings. The van der Waals surface area contributed by atoms with E-state index in [0.29, 0.717) is 34.3 Å². The van der Waals surface area contributed by atoms with E-state index in [1.165, 1.54) is 12.1 Å². The quantitative estimate of drug-likeness (QED) is 0.389. The molecule has 170 valence electrons. The first-order valence-electron chi connectivity index (χ1n) is 10.3. The maximum absolute atomic E-state index is 13.9. The van der Waals surface area contributed by atoms with Crippen molar-refractivity contribution in [3.05, 3.63) is 93.3 Å². The molecule has 0 saturated heterocycles. The summed E-state index contributed by atoms with van der Waals surface area (Å²) in [7, 11) is 0. The molecular formula is C24H22ClFN4O3. The van der Waals surface area contributed by atoms with Crippen LogP contribution in [0, 0.1) is 26.6 Å². The van der Waals surface area contributed by atoms with Crippen LogP contribution in [0.4, 0.5) is 10.1 Å². The van der Waals surface area contributed by atoms with E-state index in [1.54, 1.807) is 23.7 Å². The van der Waals surface area contributed by atoms with E-state index in [1.807, 2.05) is 38.1 Å². The van der Waals surface area contributed by atoms with Crippen molar-refractivity contribution in [2.24, 2.45) is 0 Å². The van der Waals surface area contributed by atoms with E-state index >= 15 is 0 Å². The Balaban J connectivity index is 1.52. The van der Waals surface area contributed by atoms with E-state index in [4.69, 9.17) is 20.9 Å². The smallest absolute Gasteiger partial charge is 0.278 e. The second-order valence-electron chi connectivity index (χ2n) is 7.57. The Morgan fingerprint density at radius 1 is 1.18 bits per heavy atom. The molecule has 0 unspecified atom stereocenters. The summed E-state index contributed by atoms with van der Waals surface area (Å²) in [6.07, 6.45) is 0. The lowest BCUT2D eigenvalue weighted by molar-refractivity contribution is 0.101. The molecule has 0 aliphatic heterocycles. The highest BCUT2D eigenvalue weighted by Crippen LogP contribution is 2.24. The Morgan fingerprint density at radius 2 is 1.97 bits per heavy atom. The third kappa shape index (κ3) is 4.90. The first kappa shape index (κ1) is 22.5. The normalized spacial score (nSPS) is 10.9. The number of nitrogens with one attached hydrogen (secondary N) is 1. The van der Waals surface area contributed by atoms with Gasteiger partial charge in [0, 0.05) is 5.02 Å². The monoisotopic (exact) mass is 468 g/mol. The van der Waals surface area contributed by atoms with Gasteiger partial charge in [0.1, 0.15) is 12.4 Å². The first-order valence-corrected chi connectivity index (χ1v) is 10.6. The molecule has 0 fully saturated rings. The van der Waals surface area contributed by atoms with Crippen molar-refractivity contribution in [2.45, 2.75) is 33.9 Å². The van der Waals surface area contributed by atoms with Crippen molar-refractivity contribution < 1.29 is 18.4 Å². The molecule has 0 saturated carbocycles. The Bertz CT molecular complexity index is 1320. The highest BCUT2D eigenvalue weighted by molar-refractivity contribution is 6.30. The van der Waals surface area contributed by atoms with Crippen LogP contribution in [0.15, 0.2) is 53.1 Å². The molecule has 0 aliphatic rings. The van der Waals surface area contributed by atoms with Crippen molar-refractivity contribution in [1.29, 1.82) is 0 Å². The number of aryl methyl sites for hydroxylation is 2. The van der Waals surface area contributed by atoms with E-state index in [0.717, 1.165) is 11.3 Å². The van der Waals surface area contributed by atoms with Crippen LogP contribution in [0.25, 0.3) is 0 Å². The predicted octanol–water partition coefficient (Wildman–Crippen LogP) is 5.47. The molecule has 1 N–H and O–H groups in total. The van der Waals surface area contributed by atoms with Crippen molar-refractivity contribution in [3.8, 4) is 5.75 Å². The Labute approximate surface area is 195 Å². The molecule has 2 aromatic carbocycles. The standard InChI is InChI=1S/C24H22ClFN4O3/c1-14-22(15(2)30(28-14)12-17-7-6-8-18(25)11-17)27-24(31)23-19(16(3)33-29-23)13-32-21-10-5-4-9-20(21)26/h4-11H,12-13H2,1-3H3,(H,27,31). The molecule has 2 heterocycles. The van der Waals surface area contributed by atoms with E-state index < -0.39 is 11.7 Å². The van der Waals surface area contributed by atoms with Gasteiger partial charge in [0.25, 0.3) is 5.91 Å². The van der Waals surface area contributed by atoms with Crippen LogP contribution in [-0.2, 0) is 13.2 Å². The highest BCUT2D eigenvalue weighted by Gasteiger charge is 2.23. The fraction of sp³-hybridized carbons (Fsp3) is 0.208. The molecular weight excluding hydrogens is 447 g/mol. The number of rotatable bonds is 7. The average Bonchev–Trinajstić information content (AvgIpc) is 3.27. The van der Waals surface area contributed by atoms with Gasteiger partial charge < -0.3 is 14.6 Å². The van der Waals surface area contributed by atoms with E-state index in [2.05, 4.69) is 15.6 Å². The minimum atomic E-state index is -0.490. The minimum absolute atomic E-state index is 0.0645. The van der Waals surface area contributed by atoms with Crippen LogP contribution < -0.4 is 10.1 Å². The maximum atomic E-state index is 13.9. The van der Waals surface area contributed by atoms with Crippen molar-refractivity contribution in [1.82, 2.24) is 14.9 Å². The molecule has 0 atom stereocenters. The largest absolute Gasteiger partial charge is 0.486 e. The molecule has 4 rings (SSSR count). The molecule has 0 aliphatic carbocycles. The summed E-state index contributed by atoms with van der Waals surface area (Å²) >= 11 is 6.08. The van der Waals surface area contributed by atoms with Crippen molar-refractivity contribution in [2.75, 3.05) is 5.32 Å². The summed E-state index contributed by atoms with van der Waals surface area (Å²) in [5.41, 5.74) is 3.54. The second-order valence-corrected chi connectivity index (χ2v) is 8.01. The van der Waals surface area contributed by atoms with Crippen LogP contribution in [-0.4, -0.2) is 20.8 Å². The van der Waals surface area contributed by atoms with Gasteiger partial charge in [-0.25, -0.2) is 4.39 Å². The topological polar surface area (TPSA) is 82.2 Å². The van der Waals surface area contributed by atoms with Crippen LogP contribution >= 0.6 is 11.6 Å². The number of para-hydroxylation sites is 1. The SMILES string of the molecule is Cc1nn(Cc2cccc(Cl)c2)c(C)c1NC(=O)c1noc(C)c1COc1ccccc1F. The zero-order valence-electron chi connectivity index (χ0n) is 18.4. The number of hydrogen-bond donors (Lipinski definition) is 1. The van der Waals surface area contributed by atoms with Crippen LogP contribution in [0.5, 0.6) is 5.75 Å². The molecule has 0 radical (unpaired) electrons. The zero-order chi connectivity index (χ0) is 23.5. The van der Waals surface area contributed by atoms with Gasteiger partial charge in [-0.1, -0.05) is 41.0 Å². The van der Waals surface area contributed by atoms with Gasteiger partial charge in [-0.2, -0.15) is 5.10 Å². The summed E-state index contributed by atoms with van der Waals surface area (Å²) in [6.45, 7) is 5.80. The van der Waals surface area contributed by atoms with Crippen LogP contribution in [0.1, 0.15) is 38.8 Å². The molecule has 33 heavy (non-hydrogen) atoms. The van der Waals surface area contributed by atoms with Gasteiger partial charge in [0.15, 0.2) is 17.3 Å². The maximum Gasteiger partial charge on any atom is 0.278 e. The predicted molar refractivity (Wildman–Crippen MR) is 122 cm³/mol. The number of aromatic nitrogens is 3. The fourth-order valence-electron chi connectivity index (χ4n) is 3.46. The van der Waals surface area contributed by atoms with Gasteiger partial charge >= 0.3 is 0 Å². The van der Waals surface area contributed by atoms with Crippen molar-refractivity contribution in [3.63, 3.8) is 0 Å². The lowest BCUT2D eigenvalue weighted by atomic mass is 10.2. The van der Waals surface area contributed by atoms with E-state index in [9.17, 15) is 9.18 Å². The van der Waals surface area contributed by atoms with E-state index in [-0.39, 0.29) is 18.1 Å². The van der Waals surface area contributed by atoms with Crippen LogP contribution in [0.2, 0.25) is 5.02 Å². The van der Waals surface area contributed by atoms with Gasteiger partial charge in [0.05, 0.1) is 29.2 Å². The van der Waals surface area contributed by atoms with Crippen LogP contribution in [0.3, 0.4) is 0 Å². The summed E-state index contributed by atoms with van der Waals surface area (Å²) in [6, 6.07) is 13.6. The summed E-state index contributed by atoms with van der Waals surface area (Å²) in [4.78, 5) is 13.0. The second kappa shape index (κ2) is 9.46. The number of anilines is 1. The fourth-order valence-corrected chi connectivity index (χ4v) is 3.68. The van der Waals surface area contributed by atoms with Gasteiger partial charge in [-0.15, -0.1) is 0 Å². The Hall–Kier alpha value is -3.65. The lowest BCUT2D eigenvalue weighted by Crippen LogP contribution is -2.16. The molecule has 2 aromatic heterocycles. The third-order valence-corrected chi connectivity index (χ3v) is 5.48. The number of hydrogen-bond acceptors (Lipinski definition) is 5. The molecule has 0 bridgehead atoms. The van der Waals surface area contributed by atoms with Crippen molar-refractivity contribution >= 4 is 23.2 Å². The highest BCUT2D eigenvalue weighted by atomic mass is 35.5. The number of benzene rings is 2. The summed E-state index contributed by atoms with van der Waals surface area (Å²) in [5.74, 6) is -0.455. The first-order chi connectivity index (χ1) is 15.8. The third-order valence-electron chi connectivity index (χ3n) is 5.25. The summed E-state index contributed by atoms with van der Waals surface area (Å²) in [5, 5.41) is 12.0. The number of nitrogens with zero attached hydrogens (tertiary/aromatic N) is 3. The molecule has 9 heteroatoms. The zero-order valence-corrected chi connectivity index (χ0v) is 19.1. The number of carbonyl (C=O) groups excluding carboxylic acids is 1. The molecule has 0 spiro atoms. The van der Waals surface area contributed by atoms with Gasteiger partial charge in [-0.3, -0.25) is 9.48 Å². The molecule has 1 amide bonds. The number of carbonyl (C=O) groups is 1. The number of ether oxygens (including phenoxy) is 1. The van der Waals surface area contributed by atoms with Gasteiger partial charge in [0.2, 0.25) is 0 Å².